The van der Waals surface area contributed by atoms with Gasteiger partial charge in [0.1, 0.15) is 5.69 Å². The number of nitrogens with zero attached hydrogens (tertiary/aromatic N) is 2. The van der Waals surface area contributed by atoms with E-state index in [9.17, 15) is 19.7 Å². The van der Waals surface area contributed by atoms with E-state index in [-0.39, 0.29) is 22.7 Å². The minimum absolute atomic E-state index is 0.0329. The number of para-hydroxylation sites is 1. The first-order valence-electron chi connectivity index (χ1n) is 10.2. The van der Waals surface area contributed by atoms with Crippen LogP contribution in [0.2, 0.25) is 0 Å². The van der Waals surface area contributed by atoms with Gasteiger partial charge in [0.2, 0.25) is 5.78 Å². The second-order valence-electron chi connectivity index (χ2n) is 7.35. The molecule has 1 heterocycles. The highest BCUT2D eigenvalue weighted by molar-refractivity contribution is 6.18. The molecule has 0 radical (unpaired) electrons. The van der Waals surface area contributed by atoms with Gasteiger partial charge in [-0.15, -0.1) is 0 Å². The number of methoxy groups -OCH3 is 1. The number of hydrogen-bond acceptors (Lipinski definition) is 5. The van der Waals surface area contributed by atoms with Gasteiger partial charge in [0.25, 0.3) is 5.69 Å². The van der Waals surface area contributed by atoms with Gasteiger partial charge in [0.05, 0.1) is 17.6 Å². The van der Waals surface area contributed by atoms with Crippen molar-refractivity contribution >= 4 is 34.4 Å². The molecule has 0 unspecified atom stereocenters. The van der Waals surface area contributed by atoms with Gasteiger partial charge < -0.3 is 9.30 Å². The molecule has 0 aliphatic rings. The molecule has 0 N–H and O–H groups in total. The van der Waals surface area contributed by atoms with Crippen LogP contribution in [0.15, 0.2) is 84.9 Å². The highest BCUT2D eigenvalue weighted by atomic mass is 16.6. The van der Waals surface area contributed by atoms with Crippen LogP contribution in [0.1, 0.15) is 32.0 Å². The number of nitro benzene ring substituents is 1. The van der Waals surface area contributed by atoms with E-state index >= 15 is 0 Å². The minimum atomic E-state index is -0.593. The van der Waals surface area contributed by atoms with E-state index in [1.54, 1.807) is 24.3 Å². The van der Waals surface area contributed by atoms with Crippen LogP contribution in [-0.2, 0) is 11.3 Å². The third-order valence-corrected chi connectivity index (χ3v) is 5.31. The number of carbonyl (C=O) groups is 2. The monoisotopic (exact) mass is 440 g/mol. The van der Waals surface area contributed by atoms with Gasteiger partial charge in [-0.25, -0.2) is 4.79 Å². The summed E-state index contributed by atoms with van der Waals surface area (Å²) in [6.45, 7) is 0.394. The molecule has 0 aliphatic carbocycles. The number of ether oxygens (including phenoxy) is 1. The summed E-state index contributed by atoms with van der Waals surface area (Å²) in [5, 5.41) is 11.5. The number of fused-ring (bicyclic) bond motifs is 1. The zero-order valence-electron chi connectivity index (χ0n) is 17.8. The number of aromatic nitrogens is 1. The van der Waals surface area contributed by atoms with Crippen LogP contribution in [0, 0.1) is 10.1 Å². The summed E-state index contributed by atoms with van der Waals surface area (Å²) in [6.07, 6.45) is 2.93. The van der Waals surface area contributed by atoms with Crippen LogP contribution in [0.5, 0.6) is 0 Å². The number of esters is 1. The molecule has 7 heteroatoms. The Balaban J connectivity index is 1.81. The van der Waals surface area contributed by atoms with Crippen LogP contribution < -0.4 is 0 Å². The van der Waals surface area contributed by atoms with Gasteiger partial charge in [0, 0.05) is 29.6 Å². The number of allylic oxidation sites excluding steroid dienone is 1. The molecule has 0 saturated heterocycles. The molecule has 0 atom stereocenters. The SMILES string of the molecule is COC(=O)c1c(C(=O)/C=C/c2ccc([N+](=O)[O-])cc2)n(Cc2ccccc2)c2ccccc12. The smallest absolute Gasteiger partial charge is 0.340 e. The van der Waals surface area contributed by atoms with Crippen molar-refractivity contribution in [1.82, 2.24) is 4.57 Å². The summed E-state index contributed by atoms with van der Waals surface area (Å²) < 4.78 is 6.82. The molecule has 7 nitrogen and oxygen atoms in total. The highest BCUT2D eigenvalue weighted by Crippen LogP contribution is 2.29. The molecule has 0 fully saturated rings. The Labute approximate surface area is 189 Å². The van der Waals surface area contributed by atoms with E-state index in [1.807, 2.05) is 53.1 Å². The van der Waals surface area contributed by atoms with Gasteiger partial charge in [-0.05, 0) is 35.4 Å². The summed E-state index contributed by atoms with van der Waals surface area (Å²) in [7, 11) is 1.28. The lowest BCUT2D eigenvalue weighted by molar-refractivity contribution is -0.384. The van der Waals surface area contributed by atoms with Crippen molar-refractivity contribution in [3.8, 4) is 0 Å². The maximum atomic E-state index is 13.4. The van der Waals surface area contributed by atoms with Crippen LogP contribution in [-0.4, -0.2) is 28.4 Å². The fourth-order valence-corrected chi connectivity index (χ4v) is 3.76. The second-order valence-corrected chi connectivity index (χ2v) is 7.35. The van der Waals surface area contributed by atoms with Crippen LogP contribution in [0.4, 0.5) is 5.69 Å². The van der Waals surface area contributed by atoms with Crippen molar-refractivity contribution < 1.29 is 19.2 Å². The Bertz CT molecular complexity index is 1370. The van der Waals surface area contributed by atoms with E-state index in [0.717, 1.165) is 11.1 Å². The van der Waals surface area contributed by atoms with E-state index in [2.05, 4.69) is 0 Å². The maximum absolute atomic E-state index is 13.4. The van der Waals surface area contributed by atoms with Gasteiger partial charge in [-0.3, -0.25) is 14.9 Å². The van der Waals surface area contributed by atoms with Crippen LogP contribution in [0.25, 0.3) is 17.0 Å². The molecule has 33 heavy (non-hydrogen) atoms. The van der Waals surface area contributed by atoms with Crippen molar-refractivity contribution in [2.45, 2.75) is 6.54 Å². The summed E-state index contributed by atoms with van der Waals surface area (Å²) in [5.74, 6) is -0.967. The fourth-order valence-electron chi connectivity index (χ4n) is 3.76. The van der Waals surface area contributed by atoms with Crippen molar-refractivity contribution in [3.05, 3.63) is 117 Å². The molecule has 0 spiro atoms. The number of carbonyl (C=O) groups excluding carboxylic acids is 2. The lowest BCUT2D eigenvalue weighted by atomic mass is 10.1. The Morgan fingerprint density at radius 2 is 1.64 bits per heavy atom. The van der Waals surface area contributed by atoms with Crippen molar-refractivity contribution in [3.63, 3.8) is 0 Å². The lowest BCUT2D eigenvalue weighted by Gasteiger charge is -2.10. The first-order valence-corrected chi connectivity index (χ1v) is 10.2. The predicted molar refractivity (Wildman–Crippen MR) is 125 cm³/mol. The minimum Gasteiger partial charge on any atom is -0.465 e. The Hall–Kier alpha value is -4.52. The number of hydrogen-bond donors (Lipinski definition) is 0. The molecule has 0 saturated carbocycles. The Morgan fingerprint density at radius 1 is 0.970 bits per heavy atom. The number of ketones is 1. The molecule has 4 aromatic rings. The van der Waals surface area contributed by atoms with E-state index in [1.165, 1.54) is 25.3 Å². The molecule has 3 aromatic carbocycles. The zero-order chi connectivity index (χ0) is 23.4. The highest BCUT2D eigenvalue weighted by Gasteiger charge is 2.26. The van der Waals surface area contributed by atoms with E-state index < -0.39 is 10.9 Å². The van der Waals surface area contributed by atoms with Gasteiger partial charge in [0.15, 0.2) is 0 Å². The van der Waals surface area contributed by atoms with Gasteiger partial charge in [-0.1, -0.05) is 54.6 Å². The number of benzene rings is 3. The number of rotatable bonds is 7. The standard InChI is InChI=1S/C26H20N2O5/c1-33-26(30)24-21-9-5-6-10-22(21)27(17-19-7-3-2-4-8-19)25(24)23(29)16-13-18-11-14-20(15-12-18)28(31)32/h2-16H,17H2,1H3/b16-13+. The Kier molecular flexibility index (Phi) is 6.13. The molecular weight excluding hydrogens is 420 g/mol. The first kappa shape index (κ1) is 21.7. The first-order chi connectivity index (χ1) is 16.0. The second kappa shape index (κ2) is 9.32. The molecule has 0 amide bonds. The molecule has 0 aliphatic heterocycles. The number of nitro groups is 1. The topological polar surface area (TPSA) is 91.4 Å². The molecule has 1 aromatic heterocycles. The normalized spacial score (nSPS) is 11.1. The molecule has 164 valence electrons. The third kappa shape index (κ3) is 4.43. The largest absolute Gasteiger partial charge is 0.465 e. The predicted octanol–water partition coefficient (Wildman–Crippen LogP) is 5.28. The maximum Gasteiger partial charge on any atom is 0.340 e. The van der Waals surface area contributed by atoms with Crippen LogP contribution >= 0.6 is 0 Å². The Morgan fingerprint density at radius 3 is 2.30 bits per heavy atom. The molecular formula is C26H20N2O5. The fraction of sp³-hybridized carbons (Fsp3) is 0.0769. The zero-order valence-corrected chi connectivity index (χ0v) is 17.8. The average Bonchev–Trinajstić information content (AvgIpc) is 3.17. The van der Waals surface area contributed by atoms with Crippen molar-refractivity contribution in [1.29, 1.82) is 0 Å². The van der Waals surface area contributed by atoms with E-state index in [4.69, 9.17) is 4.74 Å². The summed E-state index contributed by atoms with van der Waals surface area (Å²) in [5.41, 5.74) is 2.75. The van der Waals surface area contributed by atoms with E-state index in [0.29, 0.717) is 17.5 Å². The third-order valence-electron chi connectivity index (χ3n) is 5.31. The summed E-state index contributed by atoms with van der Waals surface area (Å²) in [4.78, 5) is 36.5. The molecule has 4 rings (SSSR count). The van der Waals surface area contributed by atoms with Crippen molar-refractivity contribution in [2.75, 3.05) is 7.11 Å². The molecule has 0 bridgehead atoms. The van der Waals surface area contributed by atoms with Gasteiger partial charge >= 0.3 is 5.97 Å². The van der Waals surface area contributed by atoms with Crippen molar-refractivity contribution in [2.24, 2.45) is 0 Å². The quantitative estimate of drug-likeness (QED) is 0.128. The lowest BCUT2D eigenvalue weighted by Crippen LogP contribution is -2.13. The van der Waals surface area contributed by atoms with Crippen LogP contribution in [0.3, 0.4) is 0 Å². The summed E-state index contributed by atoms with van der Waals surface area (Å²) >= 11 is 0. The summed E-state index contributed by atoms with van der Waals surface area (Å²) in [6, 6.07) is 22.8. The van der Waals surface area contributed by atoms with Gasteiger partial charge in [-0.2, -0.15) is 0 Å². The number of non-ortho nitro benzene ring substituents is 1. The average molecular weight is 440 g/mol.